The number of pyridine rings is 1. The summed E-state index contributed by atoms with van der Waals surface area (Å²) in [6.07, 6.45) is 2.83. The third-order valence-corrected chi connectivity index (χ3v) is 4.17. The summed E-state index contributed by atoms with van der Waals surface area (Å²) in [6.45, 7) is 6.75. The lowest BCUT2D eigenvalue weighted by atomic mass is 10.1. The molecule has 0 aliphatic rings. The Kier molecular flexibility index (Phi) is 4.70. The minimum atomic E-state index is 0.0652. The van der Waals surface area contributed by atoms with Gasteiger partial charge in [-0.3, -0.25) is 14.5 Å². The van der Waals surface area contributed by atoms with Crippen LogP contribution in [0.15, 0.2) is 22.8 Å². The number of hydrogen-bond donors (Lipinski definition) is 0. The summed E-state index contributed by atoms with van der Waals surface area (Å²) in [5.74, 6) is 0.0652. The van der Waals surface area contributed by atoms with Gasteiger partial charge in [0.15, 0.2) is 5.78 Å². The van der Waals surface area contributed by atoms with Gasteiger partial charge in [0.2, 0.25) is 0 Å². The number of aromatic nitrogens is 3. The number of Topliss-reactive ketones (excluding diaryl/α,β-unsaturated/α-hetero) is 1. The van der Waals surface area contributed by atoms with Gasteiger partial charge in [0.25, 0.3) is 0 Å². The molecule has 2 heterocycles. The maximum atomic E-state index is 12.3. The Morgan fingerprint density at radius 1 is 1.35 bits per heavy atom. The lowest BCUT2D eigenvalue weighted by Crippen LogP contribution is -2.10. The fourth-order valence-electron chi connectivity index (χ4n) is 2.07. The normalized spacial score (nSPS) is 10.8. The van der Waals surface area contributed by atoms with Gasteiger partial charge in [0.1, 0.15) is 0 Å². The molecule has 0 radical (unpaired) electrons. The third-order valence-electron chi connectivity index (χ3n) is 3.26. The van der Waals surface area contributed by atoms with Gasteiger partial charge in [-0.15, -0.1) is 0 Å². The van der Waals surface area contributed by atoms with E-state index in [1.54, 1.807) is 6.20 Å². The Balaban J connectivity index is 2.27. The van der Waals surface area contributed by atoms with E-state index in [9.17, 15) is 4.79 Å². The summed E-state index contributed by atoms with van der Waals surface area (Å²) < 4.78 is 2.85. The number of halogens is 1. The van der Waals surface area contributed by atoms with Crippen LogP contribution in [0, 0.1) is 6.92 Å². The maximum absolute atomic E-state index is 12.3. The van der Waals surface area contributed by atoms with Crippen molar-refractivity contribution in [3.8, 4) is 0 Å². The molecule has 2 rings (SSSR count). The number of carbonyl (C=O) groups is 1. The van der Waals surface area contributed by atoms with E-state index >= 15 is 0 Å². The first-order chi connectivity index (χ1) is 9.56. The van der Waals surface area contributed by atoms with Crippen molar-refractivity contribution in [2.45, 2.75) is 40.2 Å². The smallest absolute Gasteiger partial charge is 0.170 e. The number of carbonyl (C=O) groups excluding carboxylic acids is 1. The molecule has 0 atom stereocenters. The summed E-state index contributed by atoms with van der Waals surface area (Å²) in [5, 5.41) is 4.51. The molecule has 0 amide bonds. The van der Waals surface area contributed by atoms with E-state index < -0.39 is 0 Å². The van der Waals surface area contributed by atoms with Gasteiger partial charge in [0.05, 0.1) is 22.3 Å². The van der Waals surface area contributed by atoms with Gasteiger partial charge in [-0.25, -0.2) is 0 Å². The van der Waals surface area contributed by atoms with Crippen LogP contribution in [-0.2, 0) is 19.4 Å². The highest BCUT2D eigenvalue weighted by Gasteiger charge is 2.17. The number of ketones is 1. The molecule has 0 bridgehead atoms. The molecule has 106 valence electrons. The minimum Gasteiger partial charge on any atom is -0.294 e. The molecule has 4 nitrogen and oxygen atoms in total. The highest BCUT2D eigenvalue weighted by molar-refractivity contribution is 9.10. The zero-order chi connectivity index (χ0) is 14.7. The van der Waals surface area contributed by atoms with Crippen molar-refractivity contribution >= 4 is 21.7 Å². The van der Waals surface area contributed by atoms with Crippen molar-refractivity contribution in [1.82, 2.24) is 14.8 Å². The Bertz CT molecular complexity index is 617. The van der Waals surface area contributed by atoms with Gasteiger partial charge < -0.3 is 0 Å². The topological polar surface area (TPSA) is 47.8 Å². The fourth-order valence-corrected chi connectivity index (χ4v) is 2.78. The zero-order valence-corrected chi connectivity index (χ0v) is 13.6. The van der Waals surface area contributed by atoms with E-state index in [4.69, 9.17) is 0 Å². The van der Waals surface area contributed by atoms with Crippen molar-refractivity contribution in [1.29, 1.82) is 0 Å². The molecule has 0 N–H and O–H groups in total. The van der Waals surface area contributed by atoms with Crippen LogP contribution in [0.2, 0.25) is 0 Å². The molecule has 2 aromatic rings. The van der Waals surface area contributed by atoms with Gasteiger partial charge in [-0.05, 0) is 48.3 Å². The first-order valence-corrected chi connectivity index (χ1v) is 7.56. The molecule has 0 saturated carbocycles. The molecule has 0 fully saturated rings. The molecule has 0 aromatic carbocycles. The monoisotopic (exact) mass is 335 g/mol. The Morgan fingerprint density at radius 2 is 2.10 bits per heavy atom. The first kappa shape index (κ1) is 14.9. The second kappa shape index (κ2) is 6.31. The van der Waals surface area contributed by atoms with Crippen molar-refractivity contribution in [3.05, 3.63) is 45.4 Å². The summed E-state index contributed by atoms with van der Waals surface area (Å²) in [4.78, 5) is 16.5. The van der Waals surface area contributed by atoms with E-state index in [1.807, 2.05) is 30.7 Å². The largest absolute Gasteiger partial charge is 0.294 e. The third kappa shape index (κ3) is 2.98. The van der Waals surface area contributed by atoms with Crippen molar-refractivity contribution in [2.24, 2.45) is 0 Å². The van der Waals surface area contributed by atoms with Crippen LogP contribution < -0.4 is 0 Å². The number of hydrogen-bond acceptors (Lipinski definition) is 3. The van der Waals surface area contributed by atoms with Crippen LogP contribution in [0.4, 0.5) is 0 Å². The van der Waals surface area contributed by atoms with Crippen LogP contribution in [-0.4, -0.2) is 20.5 Å². The minimum absolute atomic E-state index is 0.0652. The first-order valence-electron chi connectivity index (χ1n) is 6.76. The van der Waals surface area contributed by atoms with Crippen LogP contribution in [0.1, 0.15) is 41.3 Å². The van der Waals surface area contributed by atoms with Crippen LogP contribution in [0.3, 0.4) is 0 Å². The summed E-state index contributed by atoms with van der Waals surface area (Å²) in [5.41, 5.74) is 3.49. The van der Waals surface area contributed by atoms with Gasteiger partial charge in [-0.2, -0.15) is 5.10 Å². The molecule has 2 aromatic heterocycles. The quantitative estimate of drug-likeness (QED) is 0.787. The van der Waals surface area contributed by atoms with E-state index in [0.717, 1.165) is 34.5 Å². The molecule has 5 heteroatoms. The van der Waals surface area contributed by atoms with Gasteiger partial charge in [-0.1, -0.05) is 6.92 Å². The highest BCUT2D eigenvalue weighted by atomic mass is 79.9. The van der Waals surface area contributed by atoms with Gasteiger partial charge in [0, 0.05) is 24.0 Å². The maximum Gasteiger partial charge on any atom is 0.170 e. The van der Waals surface area contributed by atoms with Crippen LogP contribution in [0.5, 0.6) is 0 Å². The molecule has 0 unspecified atom stereocenters. The Hall–Kier alpha value is -1.49. The van der Waals surface area contributed by atoms with Crippen molar-refractivity contribution in [3.63, 3.8) is 0 Å². The summed E-state index contributed by atoms with van der Waals surface area (Å²) >= 11 is 3.56. The average molecular weight is 336 g/mol. The molecule has 0 spiro atoms. The zero-order valence-electron chi connectivity index (χ0n) is 12.0. The van der Waals surface area contributed by atoms with E-state index in [2.05, 4.69) is 32.9 Å². The van der Waals surface area contributed by atoms with Crippen LogP contribution in [0.25, 0.3) is 0 Å². The summed E-state index contributed by atoms with van der Waals surface area (Å²) in [7, 11) is 0. The predicted octanol–water partition coefficient (Wildman–Crippen LogP) is 3.36. The molecular formula is C15H18BrN3O. The van der Waals surface area contributed by atoms with Crippen molar-refractivity contribution in [2.75, 3.05) is 0 Å². The van der Waals surface area contributed by atoms with E-state index in [1.165, 1.54) is 0 Å². The van der Waals surface area contributed by atoms with Gasteiger partial charge >= 0.3 is 0 Å². The predicted molar refractivity (Wildman–Crippen MR) is 82.0 cm³/mol. The molecule has 0 aliphatic heterocycles. The number of rotatable bonds is 5. The lowest BCUT2D eigenvalue weighted by molar-refractivity contribution is 0.0990. The number of aryl methyl sites for hydroxylation is 3. The Morgan fingerprint density at radius 3 is 2.65 bits per heavy atom. The lowest BCUT2D eigenvalue weighted by Gasteiger charge is -2.05. The number of nitrogens with zero attached hydrogens (tertiary/aromatic N) is 3. The second-order valence-corrected chi connectivity index (χ2v) is 5.46. The molecule has 20 heavy (non-hydrogen) atoms. The van der Waals surface area contributed by atoms with Crippen molar-refractivity contribution < 1.29 is 4.79 Å². The summed E-state index contributed by atoms with van der Waals surface area (Å²) in [6, 6.07) is 3.68. The highest BCUT2D eigenvalue weighted by Crippen LogP contribution is 2.23. The standard InChI is InChI=1S/C15H18BrN3O/c1-4-12-15(16)13(19(5-2)18-12)8-14(20)11-7-6-10(3)17-9-11/h6-7,9H,4-5,8H2,1-3H3. The molecule has 0 saturated heterocycles. The van der Waals surface area contributed by atoms with Crippen LogP contribution >= 0.6 is 15.9 Å². The van der Waals surface area contributed by atoms with E-state index in [-0.39, 0.29) is 5.78 Å². The second-order valence-electron chi connectivity index (χ2n) is 4.66. The SMILES string of the molecule is CCc1nn(CC)c(CC(=O)c2ccc(C)nc2)c1Br. The Labute approximate surface area is 127 Å². The molecular weight excluding hydrogens is 318 g/mol. The fraction of sp³-hybridized carbons (Fsp3) is 0.400. The molecule has 0 aliphatic carbocycles. The van der Waals surface area contributed by atoms with E-state index in [0.29, 0.717) is 12.0 Å². The average Bonchev–Trinajstić information content (AvgIpc) is 2.76.